The number of aliphatic carboxylic acids is 1. The summed E-state index contributed by atoms with van der Waals surface area (Å²) in [5.41, 5.74) is -0.652. The number of halogens is 1. The first kappa shape index (κ1) is 16.6. The molecule has 1 heterocycles. The summed E-state index contributed by atoms with van der Waals surface area (Å²) in [4.78, 5) is 23.8. The maximum absolute atomic E-state index is 12.3. The summed E-state index contributed by atoms with van der Waals surface area (Å²) in [5, 5.41) is 12.6. The van der Waals surface area contributed by atoms with Crippen LogP contribution in [0.5, 0.6) is 5.75 Å². The number of hydrogen-bond donors (Lipinski definition) is 2. The third-order valence-electron chi connectivity index (χ3n) is 3.73. The van der Waals surface area contributed by atoms with Crippen LogP contribution in [0.15, 0.2) is 18.2 Å². The second-order valence-electron chi connectivity index (χ2n) is 5.18. The van der Waals surface area contributed by atoms with Gasteiger partial charge in [-0.15, -0.1) is 0 Å². The average molecular weight is 328 g/mol. The van der Waals surface area contributed by atoms with Gasteiger partial charge >= 0.3 is 5.97 Å². The fourth-order valence-electron chi connectivity index (χ4n) is 2.48. The molecule has 1 amide bonds. The molecule has 120 valence electrons. The lowest BCUT2D eigenvalue weighted by Crippen LogP contribution is -2.57. The fourth-order valence-corrected chi connectivity index (χ4v) is 2.68. The second-order valence-corrected chi connectivity index (χ2v) is 5.62. The van der Waals surface area contributed by atoms with Gasteiger partial charge in [-0.2, -0.15) is 0 Å². The van der Waals surface area contributed by atoms with E-state index in [1.54, 1.807) is 18.2 Å². The molecule has 6 nitrogen and oxygen atoms in total. The molecule has 2 rings (SSSR count). The van der Waals surface area contributed by atoms with Crippen molar-refractivity contribution in [3.05, 3.63) is 28.8 Å². The summed E-state index contributed by atoms with van der Waals surface area (Å²) >= 11 is 5.93. The van der Waals surface area contributed by atoms with Gasteiger partial charge in [0.1, 0.15) is 11.3 Å². The van der Waals surface area contributed by atoms with Crippen molar-refractivity contribution < 1.29 is 24.2 Å². The van der Waals surface area contributed by atoms with Crippen molar-refractivity contribution in [2.45, 2.75) is 24.8 Å². The molecule has 1 aliphatic rings. The second kappa shape index (κ2) is 6.98. The summed E-state index contributed by atoms with van der Waals surface area (Å²) < 4.78 is 10.4. The van der Waals surface area contributed by atoms with Crippen LogP contribution in [0.2, 0.25) is 5.02 Å². The van der Waals surface area contributed by atoms with E-state index < -0.39 is 11.5 Å². The Morgan fingerprint density at radius 1 is 1.41 bits per heavy atom. The highest BCUT2D eigenvalue weighted by Gasteiger charge is 2.41. The van der Waals surface area contributed by atoms with E-state index in [0.29, 0.717) is 29.5 Å². The molecule has 1 fully saturated rings. The lowest BCUT2D eigenvalue weighted by atomic mass is 9.89. The third-order valence-corrected chi connectivity index (χ3v) is 3.96. The van der Waals surface area contributed by atoms with Crippen LogP contribution in [0.3, 0.4) is 0 Å². The quantitative estimate of drug-likeness (QED) is 0.859. The Morgan fingerprint density at radius 3 is 2.68 bits per heavy atom. The minimum Gasteiger partial charge on any atom is -0.496 e. The van der Waals surface area contributed by atoms with Gasteiger partial charge in [-0.25, -0.2) is 4.79 Å². The van der Waals surface area contributed by atoms with Crippen LogP contribution in [0.1, 0.15) is 18.4 Å². The highest BCUT2D eigenvalue weighted by Crippen LogP contribution is 2.25. The van der Waals surface area contributed by atoms with Gasteiger partial charge in [-0.3, -0.25) is 4.79 Å². The number of hydrogen-bond acceptors (Lipinski definition) is 4. The highest BCUT2D eigenvalue weighted by molar-refractivity contribution is 6.30. The Labute approximate surface area is 133 Å². The topological polar surface area (TPSA) is 84.9 Å². The fraction of sp³-hybridized carbons (Fsp3) is 0.467. The van der Waals surface area contributed by atoms with Crippen molar-refractivity contribution in [2.75, 3.05) is 20.3 Å². The van der Waals surface area contributed by atoms with E-state index in [1.807, 2.05) is 0 Å². The third kappa shape index (κ3) is 3.69. The van der Waals surface area contributed by atoms with E-state index >= 15 is 0 Å². The predicted molar refractivity (Wildman–Crippen MR) is 80.3 cm³/mol. The highest BCUT2D eigenvalue weighted by atomic mass is 35.5. The summed E-state index contributed by atoms with van der Waals surface area (Å²) in [7, 11) is 1.50. The van der Waals surface area contributed by atoms with Gasteiger partial charge in [0.15, 0.2) is 0 Å². The normalized spacial score (nSPS) is 16.8. The molecule has 0 unspecified atom stereocenters. The van der Waals surface area contributed by atoms with E-state index in [2.05, 4.69) is 5.32 Å². The van der Waals surface area contributed by atoms with Gasteiger partial charge in [0.2, 0.25) is 5.91 Å². The first-order valence-electron chi connectivity index (χ1n) is 6.91. The van der Waals surface area contributed by atoms with Gasteiger partial charge in [-0.05, 0) is 18.2 Å². The molecule has 0 aliphatic carbocycles. The molecule has 0 spiro atoms. The van der Waals surface area contributed by atoms with Gasteiger partial charge < -0.3 is 19.9 Å². The minimum atomic E-state index is -1.26. The lowest BCUT2D eigenvalue weighted by Gasteiger charge is -2.33. The van der Waals surface area contributed by atoms with E-state index in [9.17, 15) is 14.7 Å². The molecule has 1 aromatic rings. The molecular formula is C15H18ClNO5. The average Bonchev–Trinajstić information content (AvgIpc) is 2.48. The SMILES string of the molecule is COc1ccc(Cl)cc1CC(=O)NC1(C(=O)O)CCOCC1. The standard InChI is InChI=1S/C15H18ClNO5/c1-21-12-3-2-11(16)8-10(12)9-13(18)17-15(14(19)20)4-6-22-7-5-15/h2-3,8H,4-7,9H2,1H3,(H,17,18)(H,19,20). The Kier molecular flexibility index (Phi) is 5.26. The maximum atomic E-state index is 12.3. The Morgan fingerprint density at radius 2 is 2.09 bits per heavy atom. The van der Waals surface area contributed by atoms with E-state index in [1.165, 1.54) is 7.11 Å². The minimum absolute atomic E-state index is 0.000377. The van der Waals surface area contributed by atoms with Crippen molar-refractivity contribution in [2.24, 2.45) is 0 Å². The molecule has 0 radical (unpaired) electrons. The van der Waals surface area contributed by atoms with E-state index in [0.717, 1.165) is 0 Å². The van der Waals surface area contributed by atoms with Crippen LogP contribution in [0, 0.1) is 0 Å². The zero-order valence-corrected chi connectivity index (χ0v) is 13.0. The zero-order chi connectivity index (χ0) is 16.2. The van der Waals surface area contributed by atoms with Crippen LogP contribution in [0.25, 0.3) is 0 Å². The molecule has 1 aromatic carbocycles. The van der Waals surface area contributed by atoms with Crippen molar-refractivity contribution in [3.63, 3.8) is 0 Å². The first-order chi connectivity index (χ1) is 10.5. The summed E-state index contributed by atoms with van der Waals surface area (Å²) in [5.74, 6) is -0.886. The lowest BCUT2D eigenvalue weighted by molar-refractivity contribution is -0.152. The number of amides is 1. The molecule has 2 N–H and O–H groups in total. The molecule has 1 aliphatic heterocycles. The van der Waals surface area contributed by atoms with Crippen LogP contribution >= 0.6 is 11.6 Å². The monoisotopic (exact) mass is 327 g/mol. The number of carbonyl (C=O) groups is 2. The molecule has 0 aromatic heterocycles. The Bertz CT molecular complexity index is 569. The molecular weight excluding hydrogens is 310 g/mol. The van der Waals surface area contributed by atoms with E-state index in [4.69, 9.17) is 21.1 Å². The number of carboxylic acid groups (broad SMARTS) is 1. The Balaban J connectivity index is 2.12. The van der Waals surface area contributed by atoms with E-state index in [-0.39, 0.29) is 25.2 Å². The van der Waals surface area contributed by atoms with Gasteiger partial charge in [0, 0.05) is 36.6 Å². The van der Waals surface area contributed by atoms with Crippen molar-refractivity contribution in [1.29, 1.82) is 0 Å². The van der Waals surface area contributed by atoms with Crippen LogP contribution < -0.4 is 10.1 Å². The van der Waals surface area contributed by atoms with Gasteiger partial charge in [0.25, 0.3) is 0 Å². The smallest absolute Gasteiger partial charge is 0.329 e. The van der Waals surface area contributed by atoms with Crippen LogP contribution in [0.4, 0.5) is 0 Å². The number of carboxylic acids is 1. The first-order valence-corrected chi connectivity index (χ1v) is 7.29. The molecule has 0 saturated carbocycles. The molecule has 0 bridgehead atoms. The largest absolute Gasteiger partial charge is 0.496 e. The van der Waals surface area contributed by atoms with Crippen molar-refractivity contribution in [3.8, 4) is 5.75 Å². The summed E-state index contributed by atoms with van der Waals surface area (Å²) in [6, 6.07) is 4.97. The molecule has 0 atom stereocenters. The molecule has 1 saturated heterocycles. The number of rotatable bonds is 5. The van der Waals surface area contributed by atoms with Crippen LogP contribution in [-0.4, -0.2) is 42.8 Å². The maximum Gasteiger partial charge on any atom is 0.329 e. The molecule has 7 heteroatoms. The predicted octanol–water partition coefficient (Wildman–Crippen LogP) is 1.64. The number of ether oxygens (including phenoxy) is 2. The number of benzene rings is 1. The summed E-state index contributed by atoms with van der Waals surface area (Å²) in [6.45, 7) is 0.625. The van der Waals surface area contributed by atoms with Crippen molar-refractivity contribution >= 4 is 23.5 Å². The summed E-state index contributed by atoms with van der Waals surface area (Å²) in [6.07, 6.45) is 0.501. The zero-order valence-electron chi connectivity index (χ0n) is 12.2. The van der Waals surface area contributed by atoms with Crippen LogP contribution in [-0.2, 0) is 20.7 Å². The Hall–Kier alpha value is -1.79. The number of nitrogens with one attached hydrogen (secondary N) is 1. The number of carbonyl (C=O) groups excluding carboxylic acids is 1. The number of methoxy groups -OCH3 is 1. The van der Waals surface area contributed by atoms with Crippen molar-refractivity contribution in [1.82, 2.24) is 5.32 Å². The van der Waals surface area contributed by atoms with Gasteiger partial charge in [-0.1, -0.05) is 11.6 Å². The molecule has 22 heavy (non-hydrogen) atoms. The van der Waals surface area contributed by atoms with Gasteiger partial charge in [0.05, 0.1) is 13.5 Å².